The third-order valence-electron chi connectivity index (χ3n) is 3.36. The van der Waals surface area contributed by atoms with Gasteiger partial charge in [-0.1, -0.05) is 25.1 Å². The van der Waals surface area contributed by atoms with E-state index in [1.807, 2.05) is 31.2 Å². The fourth-order valence-corrected chi connectivity index (χ4v) is 3.43. The van der Waals surface area contributed by atoms with Crippen LogP contribution in [0.5, 0.6) is 0 Å². The van der Waals surface area contributed by atoms with Gasteiger partial charge in [-0.05, 0) is 52.5 Å². The summed E-state index contributed by atoms with van der Waals surface area (Å²) in [4.78, 5) is 11.8. The van der Waals surface area contributed by atoms with E-state index >= 15 is 0 Å². The van der Waals surface area contributed by atoms with Gasteiger partial charge in [0.05, 0.1) is 0 Å². The zero-order valence-corrected chi connectivity index (χ0v) is 13.3. The van der Waals surface area contributed by atoms with Gasteiger partial charge >= 0.3 is 0 Å². The smallest absolute Gasteiger partial charge is 0.216 e. The molecule has 21 heavy (non-hydrogen) atoms. The van der Waals surface area contributed by atoms with E-state index in [-0.39, 0.29) is 5.91 Å². The van der Waals surface area contributed by atoms with Crippen molar-refractivity contribution in [3.05, 3.63) is 42.0 Å². The lowest BCUT2D eigenvalue weighted by Crippen LogP contribution is -2.22. The Hall–Kier alpha value is -1.52. The first-order chi connectivity index (χ1) is 10.1. The largest absolute Gasteiger partial charge is 0.611 e. The highest BCUT2D eigenvalue weighted by molar-refractivity contribution is 7.91. The van der Waals surface area contributed by atoms with E-state index in [1.54, 1.807) is 0 Å². The van der Waals surface area contributed by atoms with Crippen molar-refractivity contribution in [2.24, 2.45) is 0 Å². The average molecular weight is 303 g/mol. The van der Waals surface area contributed by atoms with Crippen LogP contribution >= 0.6 is 0 Å². The summed E-state index contributed by atoms with van der Waals surface area (Å²) in [7, 11) is 0. The van der Waals surface area contributed by atoms with Gasteiger partial charge in [0.15, 0.2) is 4.90 Å². The molecule has 0 aliphatic heterocycles. The molecule has 0 radical (unpaired) electrons. The first-order valence-electron chi connectivity index (χ1n) is 7.26. The van der Waals surface area contributed by atoms with Crippen LogP contribution in [0.15, 0.2) is 41.3 Å². The van der Waals surface area contributed by atoms with Gasteiger partial charge in [0, 0.05) is 19.5 Å². The fraction of sp³-hybridized carbons (Fsp3) is 0.353. The predicted molar refractivity (Wildman–Crippen MR) is 87.9 cm³/mol. The third-order valence-corrected chi connectivity index (χ3v) is 4.92. The van der Waals surface area contributed by atoms with E-state index in [4.69, 9.17) is 0 Å². The number of nitrogens with one attached hydrogen (secondary N) is 1. The van der Waals surface area contributed by atoms with Crippen LogP contribution in [-0.4, -0.2) is 22.8 Å². The first kappa shape index (κ1) is 15.9. The van der Waals surface area contributed by atoms with Gasteiger partial charge in [0.1, 0.15) is 5.75 Å². The SMILES string of the molecule is CCC[S+]([O-])c1ccc2cccc(CCNC(C)=O)c2c1. The Morgan fingerprint density at radius 1 is 1.29 bits per heavy atom. The molecule has 1 N–H and O–H groups in total. The summed E-state index contributed by atoms with van der Waals surface area (Å²) >= 11 is -0.931. The van der Waals surface area contributed by atoms with Crippen LogP contribution in [0.4, 0.5) is 0 Å². The van der Waals surface area contributed by atoms with Crippen LogP contribution in [-0.2, 0) is 22.4 Å². The molecular formula is C17H21NO2S. The lowest BCUT2D eigenvalue weighted by atomic mass is 10.0. The quantitative estimate of drug-likeness (QED) is 0.834. The Balaban J connectivity index is 2.27. The number of rotatable bonds is 6. The number of carbonyl (C=O) groups is 1. The topological polar surface area (TPSA) is 52.2 Å². The molecule has 4 heteroatoms. The highest BCUT2D eigenvalue weighted by atomic mass is 32.2. The Bertz CT molecular complexity index is 627. The van der Waals surface area contributed by atoms with Crippen LogP contribution < -0.4 is 5.32 Å². The number of carbonyl (C=O) groups excluding carboxylic acids is 1. The molecule has 2 rings (SSSR count). The Labute approximate surface area is 128 Å². The minimum absolute atomic E-state index is 0.0139. The molecule has 0 bridgehead atoms. The monoisotopic (exact) mass is 303 g/mol. The highest BCUT2D eigenvalue weighted by Crippen LogP contribution is 2.24. The first-order valence-corrected chi connectivity index (χ1v) is 8.58. The molecule has 0 spiro atoms. The van der Waals surface area contributed by atoms with Crippen LogP contribution in [0.3, 0.4) is 0 Å². The fourth-order valence-electron chi connectivity index (χ4n) is 2.35. The highest BCUT2D eigenvalue weighted by Gasteiger charge is 2.11. The van der Waals surface area contributed by atoms with Crippen molar-refractivity contribution in [3.63, 3.8) is 0 Å². The third kappa shape index (κ3) is 4.22. The van der Waals surface area contributed by atoms with Crippen molar-refractivity contribution in [2.45, 2.75) is 31.6 Å². The van der Waals surface area contributed by atoms with E-state index < -0.39 is 11.2 Å². The summed E-state index contributed by atoms with van der Waals surface area (Å²) in [5.41, 5.74) is 1.18. The Morgan fingerprint density at radius 3 is 2.81 bits per heavy atom. The summed E-state index contributed by atoms with van der Waals surface area (Å²) in [6.45, 7) is 4.18. The molecule has 0 aliphatic rings. The lowest BCUT2D eigenvalue weighted by Gasteiger charge is -2.12. The van der Waals surface area contributed by atoms with Crippen molar-refractivity contribution in [1.82, 2.24) is 5.32 Å². The second-order valence-corrected chi connectivity index (χ2v) is 6.65. The number of hydrogen-bond acceptors (Lipinski definition) is 2. The minimum atomic E-state index is -0.931. The molecule has 0 fully saturated rings. The van der Waals surface area contributed by atoms with Crippen molar-refractivity contribution in [3.8, 4) is 0 Å². The summed E-state index contributed by atoms with van der Waals surface area (Å²) in [6.07, 6.45) is 1.69. The molecule has 0 aliphatic carbocycles. The molecule has 2 aromatic rings. The second-order valence-electron chi connectivity index (χ2n) is 5.08. The maximum absolute atomic E-state index is 12.2. The maximum atomic E-state index is 12.2. The van der Waals surface area contributed by atoms with E-state index in [0.717, 1.165) is 28.5 Å². The average Bonchev–Trinajstić information content (AvgIpc) is 2.47. The van der Waals surface area contributed by atoms with E-state index in [0.29, 0.717) is 12.3 Å². The lowest BCUT2D eigenvalue weighted by molar-refractivity contribution is -0.118. The van der Waals surface area contributed by atoms with Gasteiger partial charge in [-0.3, -0.25) is 4.79 Å². The van der Waals surface area contributed by atoms with Crippen molar-refractivity contribution in [1.29, 1.82) is 0 Å². The van der Waals surface area contributed by atoms with Crippen molar-refractivity contribution < 1.29 is 9.35 Å². The van der Waals surface area contributed by atoms with Crippen LogP contribution in [0.1, 0.15) is 25.8 Å². The number of amides is 1. The summed E-state index contributed by atoms with van der Waals surface area (Å²) in [6, 6.07) is 12.2. The number of hydrogen-bond donors (Lipinski definition) is 1. The molecule has 0 saturated heterocycles. The molecule has 2 aromatic carbocycles. The summed E-state index contributed by atoms with van der Waals surface area (Å²) in [5.74, 6) is 0.680. The number of fused-ring (bicyclic) bond motifs is 1. The molecule has 3 nitrogen and oxygen atoms in total. The minimum Gasteiger partial charge on any atom is -0.611 e. The van der Waals surface area contributed by atoms with E-state index in [9.17, 15) is 9.35 Å². The van der Waals surface area contributed by atoms with Crippen molar-refractivity contribution >= 4 is 27.9 Å². The summed E-state index contributed by atoms with van der Waals surface area (Å²) < 4.78 is 12.2. The second kappa shape index (κ2) is 7.48. The van der Waals surface area contributed by atoms with Gasteiger partial charge in [0.2, 0.25) is 5.91 Å². The molecule has 1 amide bonds. The Kier molecular flexibility index (Phi) is 5.65. The van der Waals surface area contributed by atoms with Gasteiger partial charge < -0.3 is 9.87 Å². The molecule has 112 valence electrons. The number of benzene rings is 2. The van der Waals surface area contributed by atoms with E-state index in [2.05, 4.69) is 17.4 Å². The van der Waals surface area contributed by atoms with Gasteiger partial charge in [-0.2, -0.15) is 0 Å². The molecule has 1 atom stereocenters. The normalized spacial score (nSPS) is 12.3. The molecule has 0 saturated carbocycles. The van der Waals surface area contributed by atoms with Crippen LogP contribution in [0.25, 0.3) is 10.8 Å². The molecule has 0 aromatic heterocycles. The van der Waals surface area contributed by atoms with Crippen molar-refractivity contribution in [2.75, 3.05) is 12.3 Å². The van der Waals surface area contributed by atoms with Gasteiger partial charge in [-0.15, -0.1) is 0 Å². The van der Waals surface area contributed by atoms with Gasteiger partial charge in [0.25, 0.3) is 0 Å². The molecule has 1 unspecified atom stereocenters. The van der Waals surface area contributed by atoms with Gasteiger partial charge in [-0.25, -0.2) is 0 Å². The Morgan fingerprint density at radius 2 is 2.10 bits per heavy atom. The van der Waals surface area contributed by atoms with Crippen LogP contribution in [0.2, 0.25) is 0 Å². The van der Waals surface area contributed by atoms with Crippen LogP contribution in [0, 0.1) is 0 Å². The molecular weight excluding hydrogens is 282 g/mol. The zero-order chi connectivity index (χ0) is 15.2. The zero-order valence-electron chi connectivity index (χ0n) is 12.5. The summed E-state index contributed by atoms with van der Waals surface area (Å²) in [5, 5.41) is 5.09. The molecule has 0 heterocycles. The van der Waals surface area contributed by atoms with E-state index in [1.165, 1.54) is 12.5 Å². The predicted octanol–water partition coefficient (Wildman–Crippen LogP) is 3.04. The standard InChI is InChI=1S/C17H21NO2S/c1-3-11-21(20)16-8-7-14-5-4-6-15(17(14)12-16)9-10-18-13(2)19/h4-8,12H,3,9-11H2,1-2H3,(H,18,19). The maximum Gasteiger partial charge on any atom is 0.216 e.